The third-order valence-electron chi connectivity index (χ3n) is 2.91. The first kappa shape index (κ1) is 14.0. The molecule has 1 unspecified atom stereocenters. The van der Waals surface area contributed by atoms with Gasteiger partial charge in [-0.1, -0.05) is 0 Å². The molecule has 0 aromatic carbocycles. The molecule has 1 aliphatic rings. The number of halogens is 2. The van der Waals surface area contributed by atoms with Gasteiger partial charge in [0.25, 0.3) is 5.91 Å². The second-order valence-electron chi connectivity index (χ2n) is 4.16. The molecule has 0 aliphatic carbocycles. The van der Waals surface area contributed by atoms with Crippen LogP contribution in [0.5, 0.6) is 0 Å². The zero-order valence-electron chi connectivity index (χ0n) is 9.36. The van der Waals surface area contributed by atoms with E-state index in [1.807, 2.05) is 0 Å². The van der Waals surface area contributed by atoms with Gasteiger partial charge >= 0.3 is 5.97 Å². The number of likely N-dealkylation sites (tertiary alicyclic amines) is 1. The molecule has 98 valence electrons. The van der Waals surface area contributed by atoms with E-state index in [-0.39, 0.29) is 5.91 Å². The summed E-state index contributed by atoms with van der Waals surface area (Å²) >= 11 is 8.05. The van der Waals surface area contributed by atoms with Crippen molar-refractivity contribution in [1.29, 1.82) is 0 Å². The van der Waals surface area contributed by atoms with Crippen molar-refractivity contribution in [3.8, 4) is 0 Å². The Morgan fingerprint density at radius 1 is 1.44 bits per heavy atom. The molecule has 2 heterocycles. The molecule has 1 N–H and O–H groups in total. The van der Waals surface area contributed by atoms with Crippen molar-refractivity contribution < 1.29 is 14.7 Å². The molecule has 18 heavy (non-hydrogen) atoms. The SMILES string of the molecule is O=C(O)C1CCCN(C(=O)c2cc(Br)c(Br)s2)C1. The molecule has 0 radical (unpaired) electrons. The Hall–Kier alpha value is -0.400. The van der Waals surface area contributed by atoms with E-state index >= 15 is 0 Å². The van der Waals surface area contributed by atoms with Gasteiger partial charge in [-0.05, 0) is 50.8 Å². The molecule has 0 saturated carbocycles. The highest BCUT2D eigenvalue weighted by atomic mass is 79.9. The maximum atomic E-state index is 12.2. The second-order valence-corrected chi connectivity index (χ2v) is 7.39. The van der Waals surface area contributed by atoms with Gasteiger partial charge in [-0.2, -0.15) is 0 Å². The van der Waals surface area contributed by atoms with Crippen LogP contribution in [0.25, 0.3) is 0 Å². The van der Waals surface area contributed by atoms with E-state index in [9.17, 15) is 9.59 Å². The number of aliphatic carboxylic acids is 1. The van der Waals surface area contributed by atoms with Crippen LogP contribution in [0.1, 0.15) is 22.5 Å². The molecule has 2 rings (SSSR count). The van der Waals surface area contributed by atoms with E-state index in [2.05, 4.69) is 31.9 Å². The van der Waals surface area contributed by atoms with Gasteiger partial charge in [-0.3, -0.25) is 9.59 Å². The average molecular weight is 397 g/mol. The average Bonchev–Trinajstić information content (AvgIpc) is 2.69. The summed E-state index contributed by atoms with van der Waals surface area (Å²) in [5, 5.41) is 9.01. The molecule has 1 aliphatic heterocycles. The Labute approximate surface area is 125 Å². The van der Waals surface area contributed by atoms with Crippen LogP contribution in [0.15, 0.2) is 14.3 Å². The molecule has 1 aromatic rings. The minimum absolute atomic E-state index is 0.0858. The highest BCUT2D eigenvalue weighted by Crippen LogP contribution is 2.33. The number of amides is 1. The second kappa shape index (κ2) is 5.71. The first-order chi connectivity index (χ1) is 8.49. The van der Waals surface area contributed by atoms with Gasteiger partial charge in [0.1, 0.15) is 0 Å². The lowest BCUT2D eigenvalue weighted by molar-refractivity contribution is -0.143. The van der Waals surface area contributed by atoms with E-state index in [1.54, 1.807) is 11.0 Å². The third-order valence-corrected chi connectivity index (χ3v) is 6.16. The fourth-order valence-corrected chi connectivity index (χ4v) is 3.97. The highest BCUT2D eigenvalue weighted by Gasteiger charge is 2.29. The van der Waals surface area contributed by atoms with Gasteiger partial charge in [0.15, 0.2) is 0 Å². The summed E-state index contributed by atoms with van der Waals surface area (Å²) in [6, 6.07) is 1.77. The molecule has 4 nitrogen and oxygen atoms in total. The summed E-state index contributed by atoms with van der Waals surface area (Å²) in [7, 11) is 0. The van der Waals surface area contributed by atoms with Crippen molar-refractivity contribution in [2.45, 2.75) is 12.8 Å². The first-order valence-corrected chi connectivity index (χ1v) is 7.86. The van der Waals surface area contributed by atoms with Gasteiger partial charge in [0, 0.05) is 17.6 Å². The summed E-state index contributed by atoms with van der Waals surface area (Å²) in [6.45, 7) is 0.942. The van der Waals surface area contributed by atoms with Crippen LogP contribution in [0.4, 0.5) is 0 Å². The maximum Gasteiger partial charge on any atom is 0.308 e. The number of rotatable bonds is 2. The minimum atomic E-state index is -0.818. The van der Waals surface area contributed by atoms with Crippen molar-refractivity contribution in [3.05, 3.63) is 19.2 Å². The maximum absolute atomic E-state index is 12.2. The molecular weight excluding hydrogens is 386 g/mol. The number of carbonyl (C=O) groups is 2. The molecule has 1 amide bonds. The van der Waals surface area contributed by atoms with Crippen molar-refractivity contribution in [2.75, 3.05) is 13.1 Å². The Bertz CT molecular complexity index is 469. The predicted molar refractivity (Wildman–Crippen MR) is 76.0 cm³/mol. The van der Waals surface area contributed by atoms with E-state index in [1.165, 1.54) is 11.3 Å². The number of carboxylic acid groups (broad SMARTS) is 1. The zero-order valence-corrected chi connectivity index (χ0v) is 13.3. The Kier molecular flexibility index (Phi) is 4.45. The lowest BCUT2D eigenvalue weighted by Crippen LogP contribution is -2.42. The molecule has 0 bridgehead atoms. The van der Waals surface area contributed by atoms with Crippen LogP contribution in [0.2, 0.25) is 0 Å². The Morgan fingerprint density at radius 2 is 2.17 bits per heavy atom. The molecule has 7 heteroatoms. The Balaban J connectivity index is 2.11. The van der Waals surface area contributed by atoms with Crippen molar-refractivity contribution in [3.63, 3.8) is 0 Å². The van der Waals surface area contributed by atoms with Crippen LogP contribution >= 0.6 is 43.2 Å². The molecule has 1 atom stereocenters. The van der Waals surface area contributed by atoms with E-state index < -0.39 is 11.9 Å². The summed E-state index contributed by atoms with van der Waals surface area (Å²) in [6.07, 6.45) is 1.40. The fraction of sp³-hybridized carbons (Fsp3) is 0.455. The van der Waals surface area contributed by atoms with Gasteiger partial charge < -0.3 is 10.0 Å². The first-order valence-electron chi connectivity index (χ1n) is 5.46. The molecular formula is C11H11Br2NO3S. The standard InChI is InChI=1S/C11H11Br2NO3S/c12-7-4-8(18-9(7)13)10(15)14-3-1-2-6(5-14)11(16)17/h4,6H,1-3,5H2,(H,16,17). The number of hydrogen-bond donors (Lipinski definition) is 1. The summed E-state index contributed by atoms with van der Waals surface area (Å²) in [4.78, 5) is 25.5. The predicted octanol–water partition coefficient (Wildman–Crippen LogP) is 3.21. The highest BCUT2D eigenvalue weighted by molar-refractivity contribution is 9.13. The number of thiophene rings is 1. The van der Waals surface area contributed by atoms with Crippen LogP contribution in [0.3, 0.4) is 0 Å². The molecule has 1 fully saturated rings. The fourth-order valence-electron chi connectivity index (χ4n) is 1.97. The summed E-state index contributed by atoms with van der Waals surface area (Å²) < 4.78 is 1.72. The van der Waals surface area contributed by atoms with Crippen molar-refractivity contribution in [1.82, 2.24) is 4.90 Å². The molecule has 1 aromatic heterocycles. The lowest BCUT2D eigenvalue weighted by Gasteiger charge is -2.30. The minimum Gasteiger partial charge on any atom is -0.481 e. The van der Waals surface area contributed by atoms with E-state index in [0.717, 1.165) is 14.7 Å². The Morgan fingerprint density at radius 3 is 2.72 bits per heavy atom. The smallest absolute Gasteiger partial charge is 0.308 e. The topological polar surface area (TPSA) is 57.6 Å². The number of carboxylic acids is 1. The lowest BCUT2D eigenvalue weighted by atomic mass is 9.98. The van der Waals surface area contributed by atoms with Gasteiger partial charge in [0.05, 0.1) is 14.6 Å². The molecule has 1 saturated heterocycles. The normalized spacial score (nSPS) is 19.9. The monoisotopic (exact) mass is 395 g/mol. The van der Waals surface area contributed by atoms with Gasteiger partial charge in [-0.25, -0.2) is 0 Å². The van der Waals surface area contributed by atoms with Crippen molar-refractivity contribution >= 4 is 55.1 Å². The summed E-state index contributed by atoms with van der Waals surface area (Å²) in [5.74, 6) is -1.34. The quantitative estimate of drug-likeness (QED) is 0.834. The number of hydrogen-bond acceptors (Lipinski definition) is 3. The van der Waals surface area contributed by atoms with Crippen LogP contribution in [0, 0.1) is 5.92 Å². The van der Waals surface area contributed by atoms with Crippen molar-refractivity contribution in [2.24, 2.45) is 5.92 Å². The van der Waals surface area contributed by atoms with Gasteiger partial charge in [-0.15, -0.1) is 11.3 Å². The molecule has 0 spiro atoms. The van der Waals surface area contributed by atoms with Gasteiger partial charge in [0.2, 0.25) is 0 Å². The third kappa shape index (κ3) is 2.95. The van der Waals surface area contributed by atoms with Crippen LogP contribution in [-0.2, 0) is 4.79 Å². The number of carbonyl (C=O) groups excluding carboxylic acids is 1. The zero-order chi connectivity index (χ0) is 13.3. The number of nitrogens with zero attached hydrogens (tertiary/aromatic N) is 1. The van der Waals surface area contributed by atoms with E-state index in [0.29, 0.717) is 24.4 Å². The van der Waals surface area contributed by atoms with Crippen LogP contribution in [-0.4, -0.2) is 35.0 Å². The van der Waals surface area contributed by atoms with Crippen LogP contribution < -0.4 is 0 Å². The van der Waals surface area contributed by atoms with E-state index in [4.69, 9.17) is 5.11 Å². The summed E-state index contributed by atoms with van der Waals surface area (Å²) in [5.41, 5.74) is 0. The number of piperidine rings is 1. The largest absolute Gasteiger partial charge is 0.481 e.